The van der Waals surface area contributed by atoms with E-state index >= 15 is 0 Å². The third kappa shape index (κ3) is 5.08. The van der Waals surface area contributed by atoms with Crippen LogP contribution in [-0.4, -0.2) is 46.4 Å². The summed E-state index contributed by atoms with van der Waals surface area (Å²) in [6.07, 6.45) is 0.727. The Morgan fingerprint density at radius 3 is 2.31 bits per heavy atom. The van der Waals surface area contributed by atoms with Gasteiger partial charge in [-0.3, -0.25) is 9.69 Å². The fraction of sp³-hybridized carbons (Fsp3) is 0.171. The van der Waals surface area contributed by atoms with E-state index in [1.54, 1.807) is 31.2 Å². The number of rotatable bonds is 5. The Morgan fingerprint density at radius 1 is 0.933 bits per heavy atom. The summed E-state index contributed by atoms with van der Waals surface area (Å²) >= 11 is 0. The zero-order valence-electron chi connectivity index (χ0n) is 24.2. The fourth-order valence-corrected chi connectivity index (χ4v) is 6.17. The molecule has 0 radical (unpaired) electrons. The Labute approximate surface area is 257 Å². The fourth-order valence-electron chi connectivity index (χ4n) is 6.17. The van der Waals surface area contributed by atoms with Gasteiger partial charge in [0.2, 0.25) is 0 Å². The molecule has 2 heterocycles. The number of benzene rings is 4. The number of fused-ring (bicyclic) bond motifs is 4. The topological polar surface area (TPSA) is 85.7 Å². The van der Waals surface area contributed by atoms with E-state index in [4.69, 9.17) is 9.47 Å². The van der Waals surface area contributed by atoms with Gasteiger partial charge in [0.05, 0.1) is 24.1 Å². The van der Waals surface area contributed by atoms with Crippen LogP contribution in [0.15, 0.2) is 97.2 Å². The molecule has 0 saturated carbocycles. The number of para-hydroxylation sites is 1. The van der Waals surface area contributed by atoms with Gasteiger partial charge in [0.15, 0.2) is 5.82 Å². The molecule has 45 heavy (non-hydrogen) atoms. The lowest BCUT2D eigenvalue weighted by atomic mass is 9.98. The summed E-state index contributed by atoms with van der Waals surface area (Å²) in [5.74, 6) is -1.70. The molecule has 5 aromatic rings. The SMILES string of the molecule is Cc1c(NC(=O)C2c3ccccc3OCCN2C(=O)OCC2c3ccccc3-c3ccccc32)cnn1-c1ccc(F)cc1F. The largest absolute Gasteiger partial charge is 0.491 e. The van der Waals surface area contributed by atoms with Crippen LogP contribution in [0.25, 0.3) is 16.8 Å². The lowest BCUT2D eigenvalue weighted by Gasteiger charge is -2.29. The van der Waals surface area contributed by atoms with Crippen molar-refractivity contribution in [3.8, 4) is 22.6 Å². The van der Waals surface area contributed by atoms with Gasteiger partial charge in [-0.05, 0) is 47.4 Å². The number of amides is 2. The van der Waals surface area contributed by atoms with Crippen LogP contribution in [0.5, 0.6) is 5.75 Å². The highest BCUT2D eigenvalue weighted by molar-refractivity contribution is 5.98. The summed E-state index contributed by atoms with van der Waals surface area (Å²) in [7, 11) is 0. The minimum Gasteiger partial charge on any atom is -0.491 e. The molecule has 0 spiro atoms. The van der Waals surface area contributed by atoms with Crippen LogP contribution in [0.4, 0.5) is 19.3 Å². The Hall–Kier alpha value is -5.51. The van der Waals surface area contributed by atoms with Crippen LogP contribution in [0.2, 0.25) is 0 Å². The third-order valence-corrected chi connectivity index (χ3v) is 8.34. The molecule has 0 fully saturated rings. The van der Waals surface area contributed by atoms with Gasteiger partial charge in [-0.15, -0.1) is 0 Å². The normalized spacial score (nSPS) is 15.4. The number of hydrogen-bond acceptors (Lipinski definition) is 5. The molecule has 0 saturated heterocycles. The Balaban J connectivity index is 1.16. The summed E-state index contributed by atoms with van der Waals surface area (Å²) in [6, 6.07) is 25.3. The predicted octanol–water partition coefficient (Wildman–Crippen LogP) is 6.78. The molecule has 10 heteroatoms. The van der Waals surface area contributed by atoms with E-state index in [0.717, 1.165) is 34.4 Å². The first kappa shape index (κ1) is 28.3. The molecule has 1 N–H and O–H groups in total. The third-order valence-electron chi connectivity index (χ3n) is 8.34. The highest BCUT2D eigenvalue weighted by atomic mass is 19.1. The maximum absolute atomic E-state index is 14.5. The van der Waals surface area contributed by atoms with Crippen LogP contribution in [-0.2, 0) is 9.53 Å². The Morgan fingerprint density at radius 2 is 1.60 bits per heavy atom. The summed E-state index contributed by atoms with van der Waals surface area (Å²) < 4.78 is 41.2. The highest BCUT2D eigenvalue weighted by Crippen LogP contribution is 2.44. The second-order valence-corrected chi connectivity index (χ2v) is 10.9. The minimum atomic E-state index is -1.09. The number of nitrogens with zero attached hydrogens (tertiary/aromatic N) is 3. The van der Waals surface area contributed by atoms with Crippen molar-refractivity contribution in [1.82, 2.24) is 14.7 Å². The first-order chi connectivity index (χ1) is 21.9. The van der Waals surface area contributed by atoms with E-state index in [0.29, 0.717) is 22.7 Å². The van der Waals surface area contributed by atoms with Gasteiger partial charge in [-0.1, -0.05) is 66.7 Å². The molecule has 2 amide bonds. The van der Waals surface area contributed by atoms with Crippen molar-refractivity contribution in [2.24, 2.45) is 0 Å². The van der Waals surface area contributed by atoms with Crippen LogP contribution in [0.3, 0.4) is 0 Å². The molecular formula is C35H28F2N4O4. The molecular weight excluding hydrogens is 578 g/mol. The molecule has 4 aromatic carbocycles. The van der Waals surface area contributed by atoms with Crippen molar-refractivity contribution in [2.75, 3.05) is 25.1 Å². The summed E-state index contributed by atoms with van der Waals surface area (Å²) in [5, 5.41) is 7.07. The minimum absolute atomic E-state index is 0.0304. The van der Waals surface area contributed by atoms with Gasteiger partial charge >= 0.3 is 6.09 Å². The number of anilines is 1. The van der Waals surface area contributed by atoms with E-state index in [1.165, 1.54) is 21.8 Å². The molecule has 1 atom stereocenters. The van der Waals surface area contributed by atoms with E-state index < -0.39 is 29.7 Å². The smallest absolute Gasteiger partial charge is 0.410 e. The van der Waals surface area contributed by atoms with Crippen molar-refractivity contribution >= 4 is 17.7 Å². The summed E-state index contributed by atoms with van der Waals surface area (Å²) in [5.41, 5.74) is 5.63. The van der Waals surface area contributed by atoms with E-state index in [-0.39, 0.29) is 31.4 Å². The first-order valence-corrected chi connectivity index (χ1v) is 14.5. The maximum atomic E-state index is 14.5. The predicted molar refractivity (Wildman–Crippen MR) is 163 cm³/mol. The zero-order chi connectivity index (χ0) is 31.1. The second-order valence-electron chi connectivity index (χ2n) is 10.9. The lowest BCUT2D eigenvalue weighted by molar-refractivity contribution is -0.121. The number of hydrogen-bond donors (Lipinski definition) is 1. The van der Waals surface area contributed by atoms with Gasteiger partial charge in [0.25, 0.3) is 5.91 Å². The maximum Gasteiger partial charge on any atom is 0.410 e. The summed E-state index contributed by atoms with van der Waals surface area (Å²) in [4.78, 5) is 29.2. The quantitative estimate of drug-likeness (QED) is 0.238. The molecule has 1 aliphatic carbocycles. The number of ether oxygens (including phenoxy) is 2. The van der Waals surface area contributed by atoms with Gasteiger partial charge in [0.1, 0.15) is 36.5 Å². The average Bonchev–Trinajstić information content (AvgIpc) is 3.48. The van der Waals surface area contributed by atoms with Crippen LogP contribution >= 0.6 is 0 Å². The lowest BCUT2D eigenvalue weighted by Crippen LogP contribution is -2.42. The van der Waals surface area contributed by atoms with E-state index in [9.17, 15) is 18.4 Å². The van der Waals surface area contributed by atoms with Crippen molar-refractivity contribution in [3.63, 3.8) is 0 Å². The van der Waals surface area contributed by atoms with Gasteiger partial charge in [0, 0.05) is 17.5 Å². The number of carbonyl (C=O) groups excluding carboxylic acids is 2. The van der Waals surface area contributed by atoms with Crippen molar-refractivity contribution in [2.45, 2.75) is 18.9 Å². The van der Waals surface area contributed by atoms with Crippen LogP contribution in [0.1, 0.15) is 34.3 Å². The standard InChI is InChI=1S/C35H28F2N4O4/c1-21-30(19-38-41(21)31-15-14-22(36)18-29(31)37)39-34(42)33-27-12-6-7-13-32(27)44-17-16-40(33)35(43)45-20-28-25-10-4-2-8-23(25)24-9-3-5-11-26(24)28/h2-15,18-19,28,33H,16-17,20H2,1H3,(H,39,42). The average molecular weight is 607 g/mol. The molecule has 8 nitrogen and oxygen atoms in total. The zero-order valence-corrected chi connectivity index (χ0v) is 24.2. The molecule has 1 unspecified atom stereocenters. The number of halogens is 2. The molecule has 2 aliphatic rings. The highest BCUT2D eigenvalue weighted by Gasteiger charge is 2.38. The van der Waals surface area contributed by atoms with Crippen molar-refractivity contribution in [3.05, 3.63) is 131 Å². The Kier molecular flexibility index (Phi) is 7.25. The van der Waals surface area contributed by atoms with E-state index in [1.807, 2.05) is 36.4 Å². The molecule has 1 aliphatic heterocycles. The number of nitrogens with one attached hydrogen (secondary N) is 1. The van der Waals surface area contributed by atoms with Crippen LogP contribution in [0, 0.1) is 18.6 Å². The van der Waals surface area contributed by atoms with Gasteiger partial charge < -0.3 is 14.8 Å². The first-order valence-electron chi connectivity index (χ1n) is 14.5. The molecule has 1 aromatic heterocycles. The second kappa shape index (κ2) is 11.5. The number of carbonyl (C=O) groups is 2. The van der Waals surface area contributed by atoms with Gasteiger partial charge in [-0.2, -0.15) is 5.10 Å². The van der Waals surface area contributed by atoms with Crippen molar-refractivity contribution in [1.29, 1.82) is 0 Å². The Bertz CT molecular complexity index is 1900. The van der Waals surface area contributed by atoms with Crippen LogP contribution < -0.4 is 10.1 Å². The molecule has 0 bridgehead atoms. The summed E-state index contributed by atoms with van der Waals surface area (Å²) in [6.45, 7) is 2.00. The molecule has 226 valence electrons. The monoisotopic (exact) mass is 606 g/mol. The van der Waals surface area contributed by atoms with Crippen molar-refractivity contribution < 1.29 is 27.8 Å². The van der Waals surface area contributed by atoms with Gasteiger partial charge in [-0.25, -0.2) is 18.3 Å². The number of aromatic nitrogens is 2. The van der Waals surface area contributed by atoms with E-state index in [2.05, 4.69) is 22.5 Å². The molecule has 7 rings (SSSR count).